The van der Waals surface area contributed by atoms with E-state index in [1.807, 2.05) is 36.4 Å². The van der Waals surface area contributed by atoms with E-state index in [1.165, 1.54) is 11.1 Å². The summed E-state index contributed by atoms with van der Waals surface area (Å²) in [5.41, 5.74) is 2.36. The van der Waals surface area contributed by atoms with Gasteiger partial charge in [0.15, 0.2) is 0 Å². The van der Waals surface area contributed by atoms with Crippen molar-refractivity contribution in [3.8, 4) is 0 Å². The predicted octanol–water partition coefficient (Wildman–Crippen LogP) is 4.21. The molecule has 0 aliphatic carbocycles. The number of carbonyl (C=O) groups is 2. The third-order valence-corrected chi connectivity index (χ3v) is 6.63. The maximum atomic E-state index is 12.7. The molecule has 7 nitrogen and oxygen atoms in total. The second kappa shape index (κ2) is 11.0. The summed E-state index contributed by atoms with van der Waals surface area (Å²) in [6, 6.07) is 20.5. The molecule has 4 rings (SSSR count). The van der Waals surface area contributed by atoms with Gasteiger partial charge in [0.25, 0.3) is 0 Å². The molecule has 1 aliphatic heterocycles. The fraction of sp³-hybridized carbons (Fsp3) is 0.333. The highest BCUT2D eigenvalue weighted by Gasteiger charge is 2.36. The molecule has 2 amide bonds. The second-order valence-electron chi connectivity index (χ2n) is 8.10. The van der Waals surface area contributed by atoms with E-state index in [4.69, 9.17) is 0 Å². The van der Waals surface area contributed by atoms with E-state index in [9.17, 15) is 22.8 Å². The SMILES string of the molecule is O=C(CCC(=O)N1CCN(C(c2ccccc2)c2ccccc2)CC1)Nc1nnc(C(F)(F)F)s1. The minimum atomic E-state index is -4.61. The van der Waals surface area contributed by atoms with Crippen LogP contribution < -0.4 is 5.32 Å². The van der Waals surface area contributed by atoms with E-state index < -0.39 is 17.1 Å². The number of anilines is 1. The Morgan fingerprint density at radius 2 is 1.46 bits per heavy atom. The van der Waals surface area contributed by atoms with Crippen LogP contribution in [-0.4, -0.2) is 58.0 Å². The normalized spacial score (nSPS) is 14.8. The molecule has 1 saturated heterocycles. The fourth-order valence-electron chi connectivity index (χ4n) is 4.06. The zero-order valence-electron chi connectivity index (χ0n) is 18.7. The lowest BCUT2D eigenvalue weighted by Gasteiger charge is -2.39. The smallest absolute Gasteiger partial charge is 0.340 e. The molecule has 1 aliphatic rings. The van der Waals surface area contributed by atoms with Crippen molar-refractivity contribution >= 4 is 28.3 Å². The number of nitrogens with zero attached hydrogens (tertiary/aromatic N) is 4. The van der Waals surface area contributed by atoms with Crippen molar-refractivity contribution in [2.75, 3.05) is 31.5 Å². The highest BCUT2D eigenvalue weighted by molar-refractivity contribution is 7.15. The van der Waals surface area contributed by atoms with Gasteiger partial charge in [-0.25, -0.2) is 0 Å². The van der Waals surface area contributed by atoms with Crippen LogP contribution in [0.1, 0.15) is 35.0 Å². The van der Waals surface area contributed by atoms with Gasteiger partial charge < -0.3 is 10.2 Å². The number of hydrogen-bond donors (Lipinski definition) is 1. The zero-order valence-corrected chi connectivity index (χ0v) is 19.6. The first-order valence-corrected chi connectivity index (χ1v) is 11.9. The Balaban J connectivity index is 1.29. The highest BCUT2D eigenvalue weighted by Crippen LogP contribution is 2.33. The van der Waals surface area contributed by atoms with Crippen LogP contribution in [-0.2, 0) is 15.8 Å². The molecule has 1 fully saturated rings. The monoisotopic (exact) mass is 503 g/mol. The fourth-order valence-corrected chi connectivity index (χ4v) is 4.69. The van der Waals surface area contributed by atoms with Crippen molar-refractivity contribution in [1.82, 2.24) is 20.0 Å². The van der Waals surface area contributed by atoms with Crippen molar-refractivity contribution in [1.29, 1.82) is 0 Å². The van der Waals surface area contributed by atoms with Crippen LogP contribution in [0.3, 0.4) is 0 Å². The van der Waals surface area contributed by atoms with E-state index in [1.54, 1.807) is 4.90 Å². The Labute approximate surface area is 204 Å². The summed E-state index contributed by atoms with van der Waals surface area (Å²) in [5.74, 6) is -0.737. The first-order valence-electron chi connectivity index (χ1n) is 11.1. The van der Waals surface area contributed by atoms with Gasteiger partial charge >= 0.3 is 6.18 Å². The van der Waals surface area contributed by atoms with Crippen LogP contribution in [0.5, 0.6) is 0 Å². The van der Waals surface area contributed by atoms with Gasteiger partial charge in [0, 0.05) is 39.0 Å². The van der Waals surface area contributed by atoms with Crippen molar-refractivity contribution in [3.05, 3.63) is 76.8 Å². The maximum Gasteiger partial charge on any atom is 0.445 e. The largest absolute Gasteiger partial charge is 0.445 e. The van der Waals surface area contributed by atoms with Crippen molar-refractivity contribution in [3.63, 3.8) is 0 Å². The number of amides is 2. The molecule has 184 valence electrons. The molecule has 0 unspecified atom stereocenters. The van der Waals surface area contributed by atoms with E-state index in [2.05, 4.69) is 44.7 Å². The van der Waals surface area contributed by atoms with Crippen LogP contribution in [0.4, 0.5) is 18.3 Å². The number of hydrogen-bond acceptors (Lipinski definition) is 6. The number of benzene rings is 2. The topological polar surface area (TPSA) is 78.4 Å². The number of alkyl halides is 3. The Hall–Kier alpha value is -3.31. The van der Waals surface area contributed by atoms with E-state index in [-0.39, 0.29) is 41.3 Å². The Morgan fingerprint density at radius 1 is 0.886 bits per heavy atom. The van der Waals surface area contributed by atoms with Gasteiger partial charge in [-0.05, 0) is 11.1 Å². The van der Waals surface area contributed by atoms with E-state index >= 15 is 0 Å². The quantitative estimate of drug-likeness (QED) is 0.523. The molecule has 2 heterocycles. The van der Waals surface area contributed by atoms with Crippen LogP contribution in [0.25, 0.3) is 0 Å². The number of aromatic nitrogens is 2. The number of piperazine rings is 1. The molecular formula is C24H24F3N5O2S. The molecule has 0 radical (unpaired) electrons. The van der Waals surface area contributed by atoms with Gasteiger partial charge in [0.05, 0.1) is 6.04 Å². The van der Waals surface area contributed by atoms with E-state index in [0.717, 1.165) is 0 Å². The van der Waals surface area contributed by atoms with Gasteiger partial charge in [0.1, 0.15) is 0 Å². The molecule has 1 N–H and O–H groups in total. The van der Waals surface area contributed by atoms with Crippen molar-refractivity contribution < 1.29 is 22.8 Å². The third kappa shape index (κ3) is 6.43. The summed E-state index contributed by atoms with van der Waals surface area (Å²) < 4.78 is 37.8. The standard InChI is InChI=1S/C24H24F3N5O2S/c25-24(26,27)22-29-30-23(35-22)28-19(33)11-12-20(34)31-13-15-32(16-14-31)21(17-7-3-1-4-8-17)18-9-5-2-6-10-18/h1-10,21H,11-16H2,(H,28,30,33). The zero-order chi connectivity index (χ0) is 24.8. The number of nitrogens with one attached hydrogen (secondary N) is 1. The summed E-state index contributed by atoms with van der Waals surface area (Å²) in [4.78, 5) is 28.8. The van der Waals surface area contributed by atoms with Gasteiger partial charge in [-0.1, -0.05) is 72.0 Å². The van der Waals surface area contributed by atoms with Crippen LogP contribution in [0.2, 0.25) is 0 Å². The third-order valence-electron chi connectivity index (χ3n) is 5.74. The molecule has 35 heavy (non-hydrogen) atoms. The minimum absolute atomic E-state index is 0.0302. The number of halogens is 3. The average molecular weight is 504 g/mol. The minimum Gasteiger partial charge on any atom is -0.340 e. The van der Waals surface area contributed by atoms with Crippen LogP contribution in [0, 0.1) is 0 Å². The second-order valence-corrected chi connectivity index (χ2v) is 9.08. The Morgan fingerprint density at radius 3 is 1.97 bits per heavy atom. The van der Waals surface area contributed by atoms with Gasteiger partial charge in [-0.15, -0.1) is 10.2 Å². The molecule has 0 spiro atoms. The summed E-state index contributed by atoms with van der Waals surface area (Å²) >= 11 is 0.250. The van der Waals surface area contributed by atoms with Crippen LogP contribution in [0.15, 0.2) is 60.7 Å². The highest BCUT2D eigenvalue weighted by atomic mass is 32.1. The lowest BCUT2D eigenvalue weighted by atomic mass is 9.96. The first kappa shape index (κ1) is 24.8. The van der Waals surface area contributed by atoms with Gasteiger partial charge in [-0.3, -0.25) is 14.5 Å². The van der Waals surface area contributed by atoms with Crippen molar-refractivity contribution in [2.24, 2.45) is 0 Å². The average Bonchev–Trinajstić information content (AvgIpc) is 3.34. The molecule has 1 aromatic heterocycles. The Kier molecular flexibility index (Phi) is 7.76. The number of rotatable bonds is 7. The molecule has 2 aromatic carbocycles. The summed E-state index contributed by atoms with van der Waals surface area (Å²) in [5, 5.41) is 7.26. The summed E-state index contributed by atoms with van der Waals surface area (Å²) in [6.45, 7) is 2.42. The molecule has 11 heteroatoms. The van der Waals surface area contributed by atoms with Gasteiger partial charge in [0.2, 0.25) is 22.0 Å². The lowest BCUT2D eigenvalue weighted by molar-refractivity contribution is -0.138. The van der Waals surface area contributed by atoms with Crippen molar-refractivity contribution in [2.45, 2.75) is 25.1 Å². The summed E-state index contributed by atoms with van der Waals surface area (Å²) in [7, 11) is 0. The summed E-state index contributed by atoms with van der Waals surface area (Å²) in [6.07, 6.45) is -4.78. The lowest BCUT2D eigenvalue weighted by Crippen LogP contribution is -2.49. The van der Waals surface area contributed by atoms with E-state index in [0.29, 0.717) is 26.2 Å². The first-order chi connectivity index (χ1) is 16.8. The van der Waals surface area contributed by atoms with Gasteiger partial charge in [-0.2, -0.15) is 13.2 Å². The number of carbonyl (C=O) groups excluding carboxylic acids is 2. The molecule has 0 saturated carbocycles. The van der Waals surface area contributed by atoms with Crippen LogP contribution >= 0.6 is 11.3 Å². The predicted molar refractivity (Wildman–Crippen MR) is 126 cm³/mol. The molecule has 0 bridgehead atoms. The Bertz CT molecular complexity index is 1090. The molecule has 0 atom stereocenters. The molecule has 3 aromatic rings. The maximum absolute atomic E-state index is 12.7. The molecular weight excluding hydrogens is 479 g/mol.